The van der Waals surface area contributed by atoms with Crippen LogP contribution in [0.3, 0.4) is 0 Å². The lowest BCUT2D eigenvalue weighted by atomic mass is 9.93. The van der Waals surface area contributed by atoms with E-state index in [4.69, 9.17) is 10.00 Å². The molecule has 2 rings (SSSR count). The van der Waals surface area contributed by atoms with Gasteiger partial charge in [0.15, 0.2) is 0 Å². The number of anilines is 1. The molecule has 0 heterocycles. The summed E-state index contributed by atoms with van der Waals surface area (Å²) in [5.74, 6) is 0.751. The summed E-state index contributed by atoms with van der Waals surface area (Å²) in [6.45, 7) is 0. The zero-order valence-electron chi connectivity index (χ0n) is 8.79. The molecule has 1 fully saturated rings. The third kappa shape index (κ3) is 2.04. The number of ether oxygens (including phenoxy) is 1. The van der Waals surface area contributed by atoms with Crippen LogP contribution in [0.4, 0.5) is 5.69 Å². The van der Waals surface area contributed by atoms with Crippen LogP contribution in [-0.2, 0) is 0 Å². The van der Waals surface area contributed by atoms with Crippen LogP contribution in [0.5, 0.6) is 5.75 Å². The first kappa shape index (κ1) is 9.85. The van der Waals surface area contributed by atoms with Crippen molar-refractivity contribution in [2.75, 3.05) is 12.4 Å². The van der Waals surface area contributed by atoms with Crippen molar-refractivity contribution in [3.63, 3.8) is 0 Å². The van der Waals surface area contributed by atoms with Gasteiger partial charge in [0.1, 0.15) is 5.75 Å². The molecule has 1 aliphatic carbocycles. The van der Waals surface area contributed by atoms with Gasteiger partial charge < -0.3 is 10.1 Å². The first-order chi connectivity index (χ1) is 7.33. The lowest BCUT2D eigenvalue weighted by Crippen LogP contribution is -2.27. The van der Waals surface area contributed by atoms with Gasteiger partial charge in [-0.2, -0.15) is 5.26 Å². The van der Waals surface area contributed by atoms with E-state index in [1.807, 2.05) is 12.1 Å². The Morgan fingerprint density at radius 2 is 2.27 bits per heavy atom. The number of rotatable bonds is 3. The maximum Gasteiger partial charge on any atom is 0.143 e. The van der Waals surface area contributed by atoms with E-state index in [0.29, 0.717) is 11.6 Å². The molecule has 1 aliphatic rings. The zero-order valence-corrected chi connectivity index (χ0v) is 8.79. The standard InChI is InChI=1S/C12H14N2O/c1-15-12-7-9(8-13)5-6-11(12)14-10-3-2-4-10/h5-7,10,14H,2-4H2,1H3. The fourth-order valence-corrected chi connectivity index (χ4v) is 1.65. The molecule has 0 saturated heterocycles. The summed E-state index contributed by atoms with van der Waals surface area (Å²) in [5.41, 5.74) is 1.62. The van der Waals surface area contributed by atoms with E-state index in [1.54, 1.807) is 13.2 Å². The van der Waals surface area contributed by atoms with Crippen molar-refractivity contribution in [3.05, 3.63) is 23.8 Å². The summed E-state index contributed by atoms with van der Waals surface area (Å²) in [6.07, 6.45) is 3.75. The number of hydrogen-bond donors (Lipinski definition) is 1. The Balaban J connectivity index is 2.18. The second-order valence-corrected chi connectivity index (χ2v) is 3.80. The van der Waals surface area contributed by atoms with Crippen molar-refractivity contribution >= 4 is 5.69 Å². The predicted molar refractivity (Wildman–Crippen MR) is 59.0 cm³/mol. The van der Waals surface area contributed by atoms with E-state index in [-0.39, 0.29) is 0 Å². The molecule has 0 unspecified atom stereocenters. The summed E-state index contributed by atoms with van der Waals surface area (Å²) in [7, 11) is 1.63. The Kier molecular flexibility index (Phi) is 2.77. The summed E-state index contributed by atoms with van der Waals surface area (Å²) < 4.78 is 5.24. The van der Waals surface area contributed by atoms with Gasteiger partial charge in [0, 0.05) is 12.1 Å². The van der Waals surface area contributed by atoms with Crippen molar-refractivity contribution < 1.29 is 4.74 Å². The third-order valence-corrected chi connectivity index (χ3v) is 2.80. The molecule has 3 heteroatoms. The van der Waals surface area contributed by atoms with Gasteiger partial charge in [0.2, 0.25) is 0 Å². The molecule has 0 radical (unpaired) electrons. The van der Waals surface area contributed by atoms with Gasteiger partial charge in [-0.1, -0.05) is 0 Å². The maximum atomic E-state index is 8.76. The zero-order chi connectivity index (χ0) is 10.7. The Hall–Kier alpha value is -1.69. The number of methoxy groups -OCH3 is 1. The SMILES string of the molecule is COc1cc(C#N)ccc1NC1CCC1. The van der Waals surface area contributed by atoms with Gasteiger partial charge >= 0.3 is 0 Å². The molecule has 3 nitrogen and oxygen atoms in total. The van der Waals surface area contributed by atoms with Gasteiger partial charge in [-0.15, -0.1) is 0 Å². The molecule has 0 aliphatic heterocycles. The highest BCUT2D eigenvalue weighted by atomic mass is 16.5. The lowest BCUT2D eigenvalue weighted by Gasteiger charge is -2.28. The number of nitriles is 1. The van der Waals surface area contributed by atoms with Crippen molar-refractivity contribution in [2.24, 2.45) is 0 Å². The largest absolute Gasteiger partial charge is 0.495 e. The van der Waals surface area contributed by atoms with Crippen LogP contribution in [0.2, 0.25) is 0 Å². The van der Waals surface area contributed by atoms with E-state index >= 15 is 0 Å². The third-order valence-electron chi connectivity index (χ3n) is 2.80. The average Bonchev–Trinajstić information content (AvgIpc) is 2.23. The van der Waals surface area contributed by atoms with Crippen molar-refractivity contribution in [2.45, 2.75) is 25.3 Å². The highest BCUT2D eigenvalue weighted by molar-refractivity contribution is 5.60. The Morgan fingerprint density at radius 1 is 1.47 bits per heavy atom. The number of hydrogen-bond acceptors (Lipinski definition) is 3. The normalized spacial score (nSPS) is 15.2. The fourth-order valence-electron chi connectivity index (χ4n) is 1.65. The fraction of sp³-hybridized carbons (Fsp3) is 0.417. The summed E-state index contributed by atoms with van der Waals surface area (Å²) in [4.78, 5) is 0. The van der Waals surface area contributed by atoms with Crippen molar-refractivity contribution in [1.29, 1.82) is 5.26 Å². The first-order valence-electron chi connectivity index (χ1n) is 5.18. The minimum Gasteiger partial charge on any atom is -0.495 e. The molecule has 1 N–H and O–H groups in total. The molecule has 1 aromatic carbocycles. The van der Waals surface area contributed by atoms with Gasteiger partial charge in [0.25, 0.3) is 0 Å². The minimum absolute atomic E-state index is 0.576. The quantitative estimate of drug-likeness (QED) is 0.819. The molecular formula is C12H14N2O. The van der Waals surface area contributed by atoms with Gasteiger partial charge in [0.05, 0.1) is 24.4 Å². The minimum atomic E-state index is 0.576. The van der Waals surface area contributed by atoms with Crippen molar-refractivity contribution in [3.8, 4) is 11.8 Å². The average molecular weight is 202 g/mol. The Morgan fingerprint density at radius 3 is 2.80 bits per heavy atom. The van der Waals surface area contributed by atoms with Gasteiger partial charge in [-0.05, 0) is 31.4 Å². The second kappa shape index (κ2) is 4.22. The summed E-state index contributed by atoms with van der Waals surface area (Å²) in [5, 5.41) is 12.2. The number of benzene rings is 1. The first-order valence-corrected chi connectivity index (χ1v) is 5.18. The second-order valence-electron chi connectivity index (χ2n) is 3.80. The van der Waals surface area contributed by atoms with Crippen LogP contribution in [0.1, 0.15) is 24.8 Å². The van der Waals surface area contributed by atoms with Crippen LogP contribution >= 0.6 is 0 Å². The highest BCUT2D eigenvalue weighted by Crippen LogP contribution is 2.30. The molecule has 0 amide bonds. The van der Waals surface area contributed by atoms with Gasteiger partial charge in [-0.25, -0.2) is 0 Å². The van der Waals surface area contributed by atoms with E-state index in [2.05, 4.69) is 11.4 Å². The molecule has 15 heavy (non-hydrogen) atoms. The predicted octanol–water partition coefficient (Wildman–Crippen LogP) is 2.53. The van der Waals surface area contributed by atoms with Crippen LogP contribution in [0, 0.1) is 11.3 Å². The van der Waals surface area contributed by atoms with Crippen LogP contribution in [-0.4, -0.2) is 13.2 Å². The molecule has 0 atom stereocenters. The Bertz CT molecular complexity index is 391. The van der Waals surface area contributed by atoms with E-state index in [9.17, 15) is 0 Å². The maximum absolute atomic E-state index is 8.76. The molecule has 78 valence electrons. The molecule has 0 spiro atoms. The monoisotopic (exact) mass is 202 g/mol. The summed E-state index contributed by atoms with van der Waals surface area (Å²) in [6, 6.07) is 8.16. The van der Waals surface area contributed by atoms with E-state index < -0.39 is 0 Å². The number of nitrogens with zero attached hydrogens (tertiary/aromatic N) is 1. The molecular weight excluding hydrogens is 188 g/mol. The Labute approximate surface area is 89.7 Å². The van der Waals surface area contributed by atoms with Gasteiger partial charge in [-0.3, -0.25) is 0 Å². The lowest BCUT2D eigenvalue weighted by molar-refractivity contribution is 0.409. The smallest absolute Gasteiger partial charge is 0.143 e. The number of nitrogens with one attached hydrogen (secondary N) is 1. The van der Waals surface area contributed by atoms with Crippen LogP contribution < -0.4 is 10.1 Å². The van der Waals surface area contributed by atoms with Crippen LogP contribution in [0.25, 0.3) is 0 Å². The molecule has 1 aromatic rings. The van der Waals surface area contributed by atoms with E-state index in [1.165, 1.54) is 19.3 Å². The molecule has 0 bridgehead atoms. The van der Waals surface area contributed by atoms with E-state index in [0.717, 1.165) is 11.4 Å². The van der Waals surface area contributed by atoms with Crippen molar-refractivity contribution in [1.82, 2.24) is 0 Å². The highest BCUT2D eigenvalue weighted by Gasteiger charge is 2.18. The molecule has 1 saturated carbocycles. The summed E-state index contributed by atoms with van der Waals surface area (Å²) >= 11 is 0. The molecule has 0 aromatic heterocycles. The topological polar surface area (TPSA) is 45.0 Å². The van der Waals surface area contributed by atoms with Crippen LogP contribution in [0.15, 0.2) is 18.2 Å².